The summed E-state index contributed by atoms with van der Waals surface area (Å²) in [5.41, 5.74) is -0.545. The number of esters is 2. The molecule has 0 spiro atoms. The standard InChI is InChI=1S/C57H108NO12P/c1-8-10-12-14-16-18-20-22-24-26-28-30-32-34-36-41-54(60)66-50-52(70-55(61)42-37-35-33-31-29-27-25-23-21-19-17-15-13-11-9-2)51-69-71(62,63)68-49-45-58-53(59)40-38-39-46-65-47-43-57(5,6)67-48-44-56(3,4)64-7/h22-25,52H,8-21,26-51H2,1-7H3,(H,58,59)(H,62,63)/p-1/b24-22-,25-23-/t52-/m1/s1. The van der Waals surface area contributed by atoms with Gasteiger partial charge in [-0.2, -0.15) is 0 Å². The highest BCUT2D eigenvalue weighted by Gasteiger charge is 2.23. The quantitative estimate of drug-likeness (QED) is 0.0265. The van der Waals surface area contributed by atoms with E-state index in [0.717, 1.165) is 89.9 Å². The van der Waals surface area contributed by atoms with E-state index in [-0.39, 0.29) is 56.1 Å². The van der Waals surface area contributed by atoms with Gasteiger partial charge < -0.3 is 42.9 Å². The van der Waals surface area contributed by atoms with E-state index in [2.05, 4.69) is 43.5 Å². The molecule has 0 fully saturated rings. The van der Waals surface area contributed by atoms with Gasteiger partial charge in [0.25, 0.3) is 7.82 Å². The van der Waals surface area contributed by atoms with Gasteiger partial charge in [0, 0.05) is 46.1 Å². The molecule has 71 heavy (non-hydrogen) atoms. The lowest BCUT2D eigenvalue weighted by Crippen LogP contribution is -2.31. The van der Waals surface area contributed by atoms with Crippen LogP contribution in [-0.2, 0) is 51.7 Å². The molecule has 0 radical (unpaired) electrons. The van der Waals surface area contributed by atoms with Crippen LogP contribution in [0.3, 0.4) is 0 Å². The summed E-state index contributed by atoms with van der Waals surface area (Å²) in [6, 6.07) is 0. The summed E-state index contributed by atoms with van der Waals surface area (Å²) in [6.45, 7) is 13.0. The number of amides is 1. The molecule has 1 unspecified atom stereocenters. The monoisotopic (exact) mass is 1030 g/mol. The second-order valence-corrected chi connectivity index (χ2v) is 21.9. The Labute approximate surface area is 434 Å². The Morgan fingerprint density at radius 3 is 1.52 bits per heavy atom. The lowest BCUT2D eigenvalue weighted by molar-refractivity contribution is -0.228. The molecule has 418 valence electrons. The van der Waals surface area contributed by atoms with Crippen molar-refractivity contribution in [2.45, 2.75) is 271 Å². The van der Waals surface area contributed by atoms with Gasteiger partial charge in [0.1, 0.15) is 6.61 Å². The summed E-state index contributed by atoms with van der Waals surface area (Å²) in [5.74, 6) is -1.17. The summed E-state index contributed by atoms with van der Waals surface area (Å²) in [4.78, 5) is 50.5. The van der Waals surface area contributed by atoms with E-state index in [1.807, 2.05) is 27.7 Å². The zero-order valence-electron chi connectivity index (χ0n) is 46.5. The van der Waals surface area contributed by atoms with Crippen LogP contribution in [0.1, 0.15) is 253 Å². The molecule has 0 aliphatic heterocycles. The first-order valence-corrected chi connectivity index (χ1v) is 29.9. The van der Waals surface area contributed by atoms with E-state index in [9.17, 15) is 23.8 Å². The Hall–Kier alpha value is -2.12. The van der Waals surface area contributed by atoms with Crippen LogP contribution in [0.15, 0.2) is 24.3 Å². The van der Waals surface area contributed by atoms with Crippen LogP contribution >= 0.6 is 7.82 Å². The van der Waals surface area contributed by atoms with E-state index >= 15 is 0 Å². The van der Waals surface area contributed by atoms with Gasteiger partial charge in [-0.3, -0.25) is 18.9 Å². The van der Waals surface area contributed by atoms with Gasteiger partial charge >= 0.3 is 11.9 Å². The molecule has 0 saturated heterocycles. The zero-order chi connectivity index (χ0) is 52.6. The smallest absolute Gasteiger partial charge is 0.306 e. The Kier molecular flexibility index (Phi) is 46.2. The van der Waals surface area contributed by atoms with Gasteiger partial charge in [-0.1, -0.05) is 141 Å². The van der Waals surface area contributed by atoms with Crippen molar-refractivity contribution in [2.24, 2.45) is 0 Å². The van der Waals surface area contributed by atoms with Crippen LogP contribution in [0.25, 0.3) is 0 Å². The first kappa shape index (κ1) is 68.9. The minimum absolute atomic E-state index is 0.0378. The topological polar surface area (TPSA) is 168 Å². The first-order valence-electron chi connectivity index (χ1n) is 28.4. The van der Waals surface area contributed by atoms with Crippen molar-refractivity contribution in [1.29, 1.82) is 0 Å². The molecule has 14 heteroatoms. The first-order chi connectivity index (χ1) is 34.1. The van der Waals surface area contributed by atoms with Gasteiger partial charge in [0.15, 0.2) is 6.10 Å². The van der Waals surface area contributed by atoms with Crippen molar-refractivity contribution < 1.29 is 56.6 Å². The largest absolute Gasteiger partial charge is 0.756 e. The number of carbonyl (C=O) groups excluding carboxylic acids is 3. The Bertz CT molecular complexity index is 1370. The summed E-state index contributed by atoms with van der Waals surface area (Å²) in [6.07, 6.45) is 41.4. The third kappa shape index (κ3) is 49.8. The van der Waals surface area contributed by atoms with E-state index in [0.29, 0.717) is 45.5 Å². The van der Waals surface area contributed by atoms with Gasteiger partial charge in [-0.05, 0) is 118 Å². The predicted octanol–water partition coefficient (Wildman–Crippen LogP) is 14.3. The number of hydrogen-bond acceptors (Lipinski definition) is 12. The van der Waals surface area contributed by atoms with Crippen molar-refractivity contribution in [3.05, 3.63) is 24.3 Å². The molecule has 0 aromatic carbocycles. The van der Waals surface area contributed by atoms with Gasteiger partial charge in [-0.25, -0.2) is 0 Å². The molecule has 1 N–H and O–H groups in total. The molecule has 0 bridgehead atoms. The molecule has 0 rings (SSSR count). The summed E-state index contributed by atoms with van der Waals surface area (Å²) in [5, 5.41) is 2.66. The molecular weight excluding hydrogens is 922 g/mol. The third-order valence-corrected chi connectivity index (χ3v) is 13.6. The van der Waals surface area contributed by atoms with Gasteiger partial charge in [0.05, 0.1) is 31.0 Å². The molecular formula is C57H107NO12P-. The van der Waals surface area contributed by atoms with Crippen LogP contribution in [0, 0.1) is 0 Å². The second-order valence-electron chi connectivity index (χ2n) is 20.5. The minimum Gasteiger partial charge on any atom is -0.756 e. The third-order valence-electron chi connectivity index (χ3n) is 12.6. The maximum Gasteiger partial charge on any atom is 0.306 e. The number of hydrogen-bond donors (Lipinski definition) is 1. The highest BCUT2D eigenvalue weighted by atomic mass is 31.2. The van der Waals surface area contributed by atoms with Crippen molar-refractivity contribution in [3.8, 4) is 0 Å². The lowest BCUT2D eigenvalue weighted by Gasteiger charge is -2.28. The van der Waals surface area contributed by atoms with Crippen LogP contribution in [0.4, 0.5) is 0 Å². The zero-order valence-corrected chi connectivity index (χ0v) is 47.4. The lowest BCUT2D eigenvalue weighted by atomic mass is 10.0. The summed E-state index contributed by atoms with van der Waals surface area (Å²) < 4.78 is 50.9. The molecule has 2 atom stereocenters. The van der Waals surface area contributed by atoms with Crippen molar-refractivity contribution >= 4 is 25.7 Å². The molecule has 0 aliphatic rings. The van der Waals surface area contributed by atoms with Crippen molar-refractivity contribution in [1.82, 2.24) is 5.32 Å². The summed E-state index contributed by atoms with van der Waals surface area (Å²) >= 11 is 0. The fourth-order valence-corrected chi connectivity index (χ4v) is 8.34. The van der Waals surface area contributed by atoms with E-state index in [1.54, 1.807) is 7.11 Å². The number of rotatable bonds is 53. The normalized spacial score (nSPS) is 13.5. The Balaban J connectivity index is 4.62. The average molecular weight is 1030 g/mol. The SMILES string of the molecule is CCCCCCCC/C=C\CCCCCCCC(=O)OC[C@H](COP(=O)([O-])OCCNC(=O)CCCCOCCC(C)(C)OCCC(C)(C)OC)OC(=O)CCCCCCC/C=C\CCCCCCCC. The van der Waals surface area contributed by atoms with E-state index < -0.39 is 32.5 Å². The summed E-state index contributed by atoms with van der Waals surface area (Å²) in [7, 11) is -3.14. The van der Waals surface area contributed by atoms with Crippen LogP contribution < -0.4 is 10.2 Å². The molecule has 1 amide bonds. The van der Waals surface area contributed by atoms with Gasteiger partial charge in [-0.15, -0.1) is 0 Å². The fraction of sp³-hybridized carbons (Fsp3) is 0.877. The number of phosphoric acid groups is 1. The average Bonchev–Trinajstić information content (AvgIpc) is 3.33. The number of methoxy groups -OCH3 is 1. The second kappa shape index (κ2) is 47.6. The van der Waals surface area contributed by atoms with Crippen LogP contribution in [-0.4, -0.2) is 88.4 Å². The molecule has 13 nitrogen and oxygen atoms in total. The molecule has 0 heterocycles. The molecule has 0 saturated carbocycles. The van der Waals surface area contributed by atoms with E-state index in [4.69, 9.17) is 32.7 Å². The fourth-order valence-electron chi connectivity index (χ4n) is 7.60. The van der Waals surface area contributed by atoms with Crippen molar-refractivity contribution in [3.63, 3.8) is 0 Å². The number of allylic oxidation sites excluding steroid dienone is 4. The minimum atomic E-state index is -4.83. The highest BCUT2D eigenvalue weighted by molar-refractivity contribution is 7.45. The number of unbranched alkanes of at least 4 members (excludes halogenated alkanes) is 23. The highest BCUT2D eigenvalue weighted by Crippen LogP contribution is 2.38. The van der Waals surface area contributed by atoms with Gasteiger partial charge in [0.2, 0.25) is 5.91 Å². The number of phosphoric ester groups is 1. The Morgan fingerprint density at radius 1 is 0.535 bits per heavy atom. The number of carbonyl (C=O) groups is 3. The Morgan fingerprint density at radius 2 is 1.00 bits per heavy atom. The van der Waals surface area contributed by atoms with Crippen LogP contribution in [0.5, 0.6) is 0 Å². The number of nitrogens with one attached hydrogen (secondary N) is 1. The van der Waals surface area contributed by atoms with Crippen LogP contribution in [0.2, 0.25) is 0 Å². The van der Waals surface area contributed by atoms with E-state index in [1.165, 1.54) is 77.0 Å². The van der Waals surface area contributed by atoms with Crippen molar-refractivity contribution in [2.75, 3.05) is 53.3 Å². The molecule has 0 aromatic rings. The molecule has 0 aromatic heterocycles. The predicted molar refractivity (Wildman–Crippen MR) is 287 cm³/mol. The maximum absolute atomic E-state index is 12.8. The maximum atomic E-state index is 12.8. The molecule has 0 aliphatic carbocycles. The number of ether oxygens (including phenoxy) is 5.